The molecular formula is C19H17FO6. The standard InChI is InChI=1S/C19H17FO6/c1-11(21)26-19-17(24-2)10-16(23)14(18(19)25-3)8-9-15(22)12-4-6-13(20)7-5-12/h4-10,23H,1-3H3. The third-order valence-corrected chi connectivity index (χ3v) is 3.42. The van der Waals surface area contributed by atoms with Gasteiger partial charge in [0.25, 0.3) is 0 Å². The number of phenolic OH excluding ortho intramolecular Hbond substituents is 1. The largest absolute Gasteiger partial charge is 0.507 e. The van der Waals surface area contributed by atoms with Gasteiger partial charge in [0, 0.05) is 18.6 Å². The summed E-state index contributed by atoms with van der Waals surface area (Å²) in [6.45, 7) is 1.21. The van der Waals surface area contributed by atoms with Crippen molar-refractivity contribution in [3.63, 3.8) is 0 Å². The molecule has 0 bridgehead atoms. The lowest BCUT2D eigenvalue weighted by atomic mass is 10.1. The number of carbonyl (C=O) groups excluding carboxylic acids is 2. The Labute approximate surface area is 149 Å². The average Bonchev–Trinajstić information content (AvgIpc) is 2.61. The third kappa shape index (κ3) is 4.18. The quantitative estimate of drug-likeness (QED) is 0.368. The second-order valence-electron chi connectivity index (χ2n) is 5.17. The van der Waals surface area contributed by atoms with Gasteiger partial charge in [-0.2, -0.15) is 0 Å². The zero-order valence-electron chi connectivity index (χ0n) is 14.4. The summed E-state index contributed by atoms with van der Waals surface area (Å²) < 4.78 is 28.4. The number of hydrogen-bond donors (Lipinski definition) is 1. The molecule has 0 atom stereocenters. The maximum absolute atomic E-state index is 12.9. The molecule has 0 aromatic heterocycles. The molecule has 2 aromatic carbocycles. The molecule has 0 unspecified atom stereocenters. The van der Waals surface area contributed by atoms with Gasteiger partial charge in [0.05, 0.1) is 19.8 Å². The number of halogens is 1. The van der Waals surface area contributed by atoms with E-state index in [0.717, 1.165) is 0 Å². The van der Waals surface area contributed by atoms with Crippen LogP contribution in [0.1, 0.15) is 22.8 Å². The molecule has 7 heteroatoms. The molecule has 0 radical (unpaired) electrons. The van der Waals surface area contributed by atoms with E-state index in [2.05, 4.69) is 0 Å². The van der Waals surface area contributed by atoms with Gasteiger partial charge in [0.1, 0.15) is 11.6 Å². The molecule has 0 aliphatic rings. The van der Waals surface area contributed by atoms with Gasteiger partial charge >= 0.3 is 5.97 Å². The second kappa shape index (κ2) is 8.15. The molecule has 0 aliphatic heterocycles. The highest BCUT2D eigenvalue weighted by Gasteiger charge is 2.21. The molecule has 0 spiro atoms. The first kappa shape index (κ1) is 19.0. The lowest BCUT2D eigenvalue weighted by Gasteiger charge is -2.15. The normalized spacial score (nSPS) is 10.6. The van der Waals surface area contributed by atoms with E-state index in [1.54, 1.807) is 0 Å². The van der Waals surface area contributed by atoms with E-state index in [1.165, 1.54) is 63.6 Å². The number of aromatic hydroxyl groups is 1. The minimum Gasteiger partial charge on any atom is -0.507 e. The summed E-state index contributed by atoms with van der Waals surface area (Å²) in [5.41, 5.74) is 0.398. The van der Waals surface area contributed by atoms with Crippen LogP contribution in [0.15, 0.2) is 36.4 Å². The summed E-state index contributed by atoms with van der Waals surface area (Å²) in [5, 5.41) is 10.2. The van der Waals surface area contributed by atoms with E-state index in [1.807, 2.05) is 0 Å². The summed E-state index contributed by atoms with van der Waals surface area (Å²) in [7, 11) is 2.66. The summed E-state index contributed by atoms with van der Waals surface area (Å²) in [5.74, 6) is -1.60. The highest BCUT2D eigenvalue weighted by atomic mass is 19.1. The van der Waals surface area contributed by atoms with Crippen LogP contribution in [0, 0.1) is 5.82 Å². The third-order valence-electron chi connectivity index (χ3n) is 3.42. The number of carbonyl (C=O) groups is 2. The Bertz CT molecular complexity index is 855. The average molecular weight is 360 g/mol. The predicted octanol–water partition coefficient (Wildman–Crippen LogP) is 3.37. The zero-order chi connectivity index (χ0) is 19.3. The molecule has 0 amide bonds. The number of allylic oxidation sites excluding steroid dienone is 1. The number of rotatable bonds is 6. The van der Waals surface area contributed by atoms with Crippen LogP contribution in [-0.2, 0) is 4.79 Å². The Morgan fingerprint density at radius 3 is 2.27 bits per heavy atom. The molecule has 0 saturated carbocycles. The number of phenols is 1. The van der Waals surface area contributed by atoms with E-state index in [4.69, 9.17) is 14.2 Å². The molecular weight excluding hydrogens is 343 g/mol. The zero-order valence-corrected chi connectivity index (χ0v) is 14.4. The van der Waals surface area contributed by atoms with Crippen LogP contribution < -0.4 is 14.2 Å². The van der Waals surface area contributed by atoms with Crippen molar-refractivity contribution < 1.29 is 33.3 Å². The summed E-state index contributed by atoms with van der Waals surface area (Å²) in [4.78, 5) is 23.5. The smallest absolute Gasteiger partial charge is 0.308 e. The Morgan fingerprint density at radius 1 is 1.08 bits per heavy atom. The van der Waals surface area contributed by atoms with Gasteiger partial charge in [0.15, 0.2) is 17.3 Å². The number of ether oxygens (including phenoxy) is 3. The lowest BCUT2D eigenvalue weighted by molar-refractivity contribution is -0.132. The van der Waals surface area contributed by atoms with Crippen LogP contribution in [0.5, 0.6) is 23.0 Å². The molecule has 2 rings (SSSR count). The van der Waals surface area contributed by atoms with E-state index in [0.29, 0.717) is 0 Å². The first-order chi connectivity index (χ1) is 12.4. The fraction of sp³-hybridized carbons (Fsp3) is 0.158. The fourth-order valence-electron chi connectivity index (χ4n) is 2.24. The van der Waals surface area contributed by atoms with E-state index < -0.39 is 17.6 Å². The summed E-state index contributed by atoms with van der Waals surface area (Å²) >= 11 is 0. The van der Waals surface area contributed by atoms with Crippen molar-refractivity contribution in [2.45, 2.75) is 6.92 Å². The Morgan fingerprint density at radius 2 is 1.73 bits per heavy atom. The van der Waals surface area contributed by atoms with Crippen molar-refractivity contribution >= 4 is 17.8 Å². The first-order valence-electron chi connectivity index (χ1n) is 7.51. The van der Waals surface area contributed by atoms with Crippen LogP contribution in [0.2, 0.25) is 0 Å². The van der Waals surface area contributed by atoms with E-state index in [-0.39, 0.29) is 34.1 Å². The van der Waals surface area contributed by atoms with Gasteiger partial charge in [-0.3, -0.25) is 9.59 Å². The van der Waals surface area contributed by atoms with Crippen molar-refractivity contribution in [3.8, 4) is 23.0 Å². The molecule has 26 heavy (non-hydrogen) atoms. The minimum absolute atomic E-state index is 0.0193. The lowest BCUT2D eigenvalue weighted by Crippen LogP contribution is -2.06. The Kier molecular flexibility index (Phi) is 5.95. The SMILES string of the molecule is COc1cc(O)c(C=CC(=O)c2ccc(F)cc2)c(OC)c1OC(C)=O. The predicted molar refractivity (Wildman–Crippen MR) is 92.3 cm³/mol. The van der Waals surface area contributed by atoms with Crippen LogP contribution in [0.3, 0.4) is 0 Å². The number of ketones is 1. The molecule has 0 fully saturated rings. The van der Waals surface area contributed by atoms with E-state index >= 15 is 0 Å². The molecule has 1 N–H and O–H groups in total. The second-order valence-corrected chi connectivity index (χ2v) is 5.17. The number of benzene rings is 2. The topological polar surface area (TPSA) is 82.1 Å². The van der Waals surface area contributed by atoms with Crippen molar-refractivity contribution in [1.29, 1.82) is 0 Å². The maximum Gasteiger partial charge on any atom is 0.308 e. The van der Waals surface area contributed by atoms with Crippen LogP contribution in [0.25, 0.3) is 6.08 Å². The van der Waals surface area contributed by atoms with Gasteiger partial charge in [-0.1, -0.05) is 0 Å². The van der Waals surface area contributed by atoms with Crippen LogP contribution in [-0.4, -0.2) is 31.1 Å². The van der Waals surface area contributed by atoms with Crippen LogP contribution >= 0.6 is 0 Å². The van der Waals surface area contributed by atoms with E-state index in [9.17, 15) is 19.1 Å². The van der Waals surface area contributed by atoms with Crippen LogP contribution in [0.4, 0.5) is 4.39 Å². The van der Waals surface area contributed by atoms with Crippen molar-refractivity contribution in [3.05, 3.63) is 53.4 Å². The number of hydrogen-bond acceptors (Lipinski definition) is 6. The number of esters is 1. The van der Waals surface area contributed by atoms with Crippen molar-refractivity contribution in [2.75, 3.05) is 14.2 Å². The van der Waals surface area contributed by atoms with Gasteiger partial charge in [-0.05, 0) is 36.4 Å². The monoisotopic (exact) mass is 360 g/mol. The molecule has 2 aromatic rings. The Balaban J connectivity index is 2.46. The maximum atomic E-state index is 12.9. The van der Waals surface area contributed by atoms with Crippen molar-refractivity contribution in [1.82, 2.24) is 0 Å². The van der Waals surface area contributed by atoms with Crippen molar-refractivity contribution in [2.24, 2.45) is 0 Å². The minimum atomic E-state index is -0.607. The molecule has 136 valence electrons. The highest BCUT2D eigenvalue weighted by molar-refractivity contribution is 6.07. The van der Waals surface area contributed by atoms with Gasteiger partial charge < -0.3 is 19.3 Å². The molecule has 0 aliphatic carbocycles. The van der Waals surface area contributed by atoms with Gasteiger partial charge in [0.2, 0.25) is 5.75 Å². The Hall–Kier alpha value is -3.35. The summed E-state index contributed by atoms with van der Waals surface area (Å²) in [6, 6.07) is 6.27. The van der Waals surface area contributed by atoms with Gasteiger partial charge in [-0.15, -0.1) is 0 Å². The highest BCUT2D eigenvalue weighted by Crippen LogP contribution is 2.45. The van der Waals surface area contributed by atoms with Gasteiger partial charge in [-0.25, -0.2) is 4.39 Å². The molecule has 0 heterocycles. The number of methoxy groups -OCH3 is 2. The first-order valence-corrected chi connectivity index (χ1v) is 7.51. The molecule has 6 nitrogen and oxygen atoms in total. The molecule has 0 saturated heterocycles. The summed E-state index contributed by atoms with van der Waals surface area (Å²) in [6.07, 6.45) is 2.50. The fourth-order valence-corrected chi connectivity index (χ4v) is 2.24.